The third-order valence-corrected chi connectivity index (χ3v) is 5.10. The van der Waals surface area contributed by atoms with Gasteiger partial charge in [-0.25, -0.2) is 12.8 Å². The van der Waals surface area contributed by atoms with Crippen molar-refractivity contribution in [2.75, 3.05) is 13.1 Å². The fraction of sp³-hybridized carbons (Fsp3) is 0.462. The summed E-state index contributed by atoms with van der Waals surface area (Å²) in [4.78, 5) is 11.1. The van der Waals surface area contributed by atoms with Crippen LogP contribution in [-0.4, -0.2) is 33.5 Å². The highest BCUT2D eigenvalue weighted by molar-refractivity contribution is 8.13. The van der Waals surface area contributed by atoms with Crippen molar-refractivity contribution in [3.8, 4) is 0 Å². The lowest BCUT2D eigenvalue weighted by atomic mass is 9.82. The highest BCUT2D eigenvalue weighted by atomic mass is 35.7. The molecular weight excluding hydrogens is 362 g/mol. The number of nitrogens with one attached hydrogen (secondary N) is 1. The average molecular weight is 374 g/mol. The van der Waals surface area contributed by atoms with Gasteiger partial charge in [0.25, 0.3) is 9.05 Å². The Kier molecular flexibility index (Phi) is 5.03. The van der Waals surface area contributed by atoms with E-state index in [-0.39, 0.29) is 13.0 Å². The molecule has 10 heteroatoms. The van der Waals surface area contributed by atoms with Gasteiger partial charge in [0.2, 0.25) is 5.78 Å². The van der Waals surface area contributed by atoms with Crippen LogP contribution in [0.5, 0.6) is 0 Å². The minimum absolute atomic E-state index is 0.0881. The molecule has 0 amide bonds. The molecule has 1 fully saturated rings. The van der Waals surface area contributed by atoms with E-state index in [1.54, 1.807) is 0 Å². The Morgan fingerprint density at radius 2 is 2.00 bits per heavy atom. The summed E-state index contributed by atoms with van der Waals surface area (Å²) >= 11 is 0. The van der Waals surface area contributed by atoms with Crippen LogP contribution >= 0.6 is 10.7 Å². The molecule has 0 radical (unpaired) electrons. The first-order chi connectivity index (χ1) is 10.5. The quantitative estimate of drug-likeness (QED) is 0.651. The Bertz CT molecular complexity index is 714. The maximum absolute atomic E-state index is 13.5. The molecule has 1 saturated heterocycles. The van der Waals surface area contributed by atoms with Gasteiger partial charge in [0, 0.05) is 10.7 Å². The van der Waals surface area contributed by atoms with E-state index in [2.05, 4.69) is 5.32 Å². The number of benzene rings is 1. The molecule has 1 aliphatic rings. The predicted octanol–water partition coefficient (Wildman–Crippen LogP) is 2.58. The minimum atomic E-state index is -5.17. The molecule has 0 bridgehead atoms. The zero-order chi connectivity index (χ0) is 17.4. The Labute approximate surface area is 134 Å². The summed E-state index contributed by atoms with van der Waals surface area (Å²) in [5.41, 5.74) is -0.559. The van der Waals surface area contributed by atoms with E-state index in [0.717, 1.165) is 12.1 Å². The van der Waals surface area contributed by atoms with E-state index >= 15 is 0 Å². The molecular formula is C13H12ClF4NO3S. The van der Waals surface area contributed by atoms with Gasteiger partial charge in [-0.2, -0.15) is 13.2 Å². The van der Waals surface area contributed by atoms with E-state index in [9.17, 15) is 30.8 Å². The van der Waals surface area contributed by atoms with Gasteiger partial charge in [0.1, 0.15) is 5.82 Å². The summed E-state index contributed by atoms with van der Waals surface area (Å²) in [6.07, 6.45) is -4.95. The summed E-state index contributed by atoms with van der Waals surface area (Å²) in [7, 11) is 0.789. The highest BCUT2D eigenvalue weighted by Crippen LogP contribution is 2.39. The molecule has 1 N–H and O–H groups in total. The predicted molar refractivity (Wildman–Crippen MR) is 74.2 cm³/mol. The normalized spacial score (nSPS) is 20.5. The van der Waals surface area contributed by atoms with Crippen LogP contribution < -0.4 is 5.32 Å². The lowest BCUT2D eigenvalue weighted by Gasteiger charge is -2.24. The van der Waals surface area contributed by atoms with E-state index in [1.807, 2.05) is 0 Å². The van der Waals surface area contributed by atoms with Crippen LogP contribution in [0.1, 0.15) is 17.9 Å². The number of halogens is 5. The van der Waals surface area contributed by atoms with Gasteiger partial charge in [-0.05, 0) is 49.2 Å². The zero-order valence-electron chi connectivity index (χ0n) is 11.5. The Morgan fingerprint density at radius 3 is 2.48 bits per heavy atom. The molecule has 0 aliphatic carbocycles. The number of carbonyl (C=O) groups excluding carboxylic acids is 1. The summed E-state index contributed by atoms with van der Waals surface area (Å²) in [5.74, 6) is -5.69. The van der Waals surface area contributed by atoms with Crippen molar-refractivity contribution in [2.24, 2.45) is 5.92 Å². The lowest BCUT2D eigenvalue weighted by molar-refractivity contribution is -0.174. The van der Waals surface area contributed by atoms with Gasteiger partial charge in [0.15, 0.2) is 0 Å². The molecule has 1 unspecified atom stereocenters. The standard InChI is InChI=1S/C13H12ClF4NO3S/c14-23(21,22)10-2-1-8(15)5-9(10)11(7-3-4-19-6-7)12(20)13(16,17)18/h1-2,5,7,11,19H,3-4,6H2/t7-,11?/m1/s1. The Morgan fingerprint density at radius 1 is 1.35 bits per heavy atom. The molecule has 0 saturated carbocycles. The number of alkyl halides is 3. The van der Waals surface area contributed by atoms with Crippen LogP contribution in [0.2, 0.25) is 0 Å². The average Bonchev–Trinajstić information content (AvgIpc) is 2.90. The van der Waals surface area contributed by atoms with Gasteiger partial charge in [-0.15, -0.1) is 0 Å². The number of rotatable bonds is 4. The summed E-state index contributed by atoms with van der Waals surface area (Å²) in [6, 6.07) is 2.16. The van der Waals surface area contributed by atoms with Crippen LogP contribution in [0.4, 0.5) is 17.6 Å². The first kappa shape index (κ1) is 18.2. The lowest BCUT2D eigenvalue weighted by Crippen LogP contribution is -2.35. The smallest absolute Gasteiger partial charge is 0.316 e. The first-order valence-corrected chi connectivity index (χ1v) is 8.88. The summed E-state index contributed by atoms with van der Waals surface area (Å²) in [5, 5.41) is 2.81. The van der Waals surface area contributed by atoms with Gasteiger partial charge < -0.3 is 5.32 Å². The van der Waals surface area contributed by atoms with Crippen molar-refractivity contribution in [1.82, 2.24) is 5.32 Å². The minimum Gasteiger partial charge on any atom is -0.316 e. The number of carbonyl (C=O) groups is 1. The van der Waals surface area contributed by atoms with Crippen molar-refractivity contribution in [1.29, 1.82) is 0 Å². The largest absolute Gasteiger partial charge is 0.450 e. The van der Waals surface area contributed by atoms with Crippen LogP contribution in [0.15, 0.2) is 23.1 Å². The second-order valence-electron chi connectivity index (χ2n) is 5.21. The molecule has 1 aromatic rings. The number of hydrogen-bond acceptors (Lipinski definition) is 4. The van der Waals surface area contributed by atoms with Crippen molar-refractivity contribution in [2.45, 2.75) is 23.4 Å². The third-order valence-electron chi connectivity index (χ3n) is 3.70. The fourth-order valence-corrected chi connectivity index (χ4v) is 3.85. The number of ketones is 1. The molecule has 23 heavy (non-hydrogen) atoms. The van der Waals surface area contributed by atoms with E-state index in [4.69, 9.17) is 10.7 Å². The Balaban J connectivity index is 2.64. The van der Waals surface area contributed by atoms with Crippen molar-refractivity contribution in [3.05, 3.63) is 29.6 Å². The molecule has 1 heterocycles. The van der Waals surface area contributed by atoms with Crippen LogP contribution in [0.3, 0.4) is 0 Å². The van der Waals surface area contributed by atoms with Crippen LogP contribution in [-0.2, 0) is 13.8 Å². The maximum atomic E-state index is 13.5. The molecule has 2 rings (SSSR count). The molecule has 0 spiro atoms. The zero-order valence-corrected chi connectivity index (χ0v) is 13.1. The molecule has 1 aliphatic heterocycles. The van der Waals surface area contributed by atoms with Gasteiger partial charge in [-0.1, -0.05) is 0 Å². The number of hydrogen-bond donors (Lipinski definition) is 1. The molecule has 1 aromatic carbocycles. The van der Waals surface area contributed by atoms with Crippen LogP contribution in [0, 0.1) is 11.7 Å². The maximum Gasteiger partial charge on any atom is 0.450 e. The van der Waals surface area contributed by atoms with Crippen molar-refractivity contribution < 1.29 is 30.8 Å². The summed E-state index contributed by atoms with van der Waals surface area (Å²) in [6.45, 7) is 0.468. The van der Waals surface area contributed by atoms with Crippen LogP contribution in [0.25, 0.3) is 0 Å². The van der Waals surface area contributed by atoms with Crippen molar-refractivity contribution >= 4 is 25.5 Å². The fourth-order valence-electron chi connectivity index (χ4n) is 2.73. The second kappa shape index (κ2) is 6.37. The molecule has 2 atom stereocenters. The monoisotopic (exact) mass is 373 g/mol. The van der Waals surface area contributed by atoms with Gasteiger partial charge in [-0.3, -0.25) is 4.79 Å². The van der Waals surface area contributed by atoms with E-state index < -0.39 is 49.1 Å². The van der Waals surface area contributed by atoms with Gasteiger partial charge >= 0.3 is 6.18 Å². The number of Topliss-reactive ketones (excluding diaryl/α,β-unsaturated/α-hetero) is 1. The van der Waals surface area contributed by atoms with Gasteiger partial charge in [0.05, 0.1) is 10.8 Å². The topological polar surface area (TPSA) is 63.2 Å². The second-order valence-corrected chi connectivity index (χ2v) is 7.75. The third kappa shape index (κ3) is 4.02. The van der Waals surface area contributed by atoms with E-state index in [1.165, 1.54) is 0 Å². The Hall–Kier alpha value is -1.19. The van der Waals surface area contributed by atoms with E-state index in [0.29, 0.717) is 12.6 Å². The van der Waals surface area contributed by atoms with Crippen molar-refractivity contribution in [3.63, 3.8) is 0 Å². The SMILES string of the molecule is O=C(C(c1cc(F)ccc1S(=O)(=O)Cl)[C@@H]1CCNC1)C(F)(F)F. The molecule has 128 valence electrons. The molecule has 0 aromatic heterocycles. The first-order valence-electron chi connectivity index (χ1n) is 6.57. The molecule has 4 nitrogen and oxygen atoms in total. The summed E-state index contributed by atoms with van der Waals surface area (Å²) < 4.78 is 75.4. The highest BCUT2D eigenvalue weighted by Gasteiger charge is 2.48.